The maximum atomic E-state index is 12.8. The van der Waals surface area contributed by atoms with Gasteiger partial charge in [0, 0.05) is 11.6 Å². The number of hydrogen-bond donors (Lipinski definition) is 3. The van der Waals surface area contributed by atoms with Crippen LogP contribution in [0.25, 0.3) is 16.5 Å². The zero-order valence-corrected chi connectivity index (χ0v) is 15.7. The zero-order chi connectivity index (χ0) is 19.1. The van der Waals surface area contributed by atoms with E-state index in [9.17, 15) is 4.79 Å². The molecule has 136 valence electrons. The van der Waals surface area contributed by atoms with E-state index < -0.39 is 0 Å². The molecule has 0 aliphatic carbocycles. The number of nitrogens with one attached hydrogen (secondary N) is 3. The number of benzene rings is 3. The number of hydrogen-bond acceptors (Lipinski definition) is 3. The molecule has 0 bridgehead atoms. The second kappa shape index (κ2) is 6.62. The average Bonchev–Trinajstić information content (AvgIpc) is 2.73. The van der Waals surface area contributed by atoms with Crippen molar-refractivity contribution in [2.24, 2.45) is 0 Å². The van der Waals surface area contributed by atoms with Crippen LogP contribution in [0.4, 0.5) is 5.82 Å². The van der Waals surface area contributed by atoms with E-state index in [1.165, 1.54) is 0 Å². The van der Waals surface area contributed by atoms with Crippen molar-refractivity contribution in [2.75, 3.05) is 5.32 Å². The summed E-state index contributed by atoms with van der Waals surface area (Å²) in [5.41, 5.74) is 3.56. The van der Waals surface area contributed by atoms with Crippen molar-refractivity contribution >= 4 is 34.5 Å². The normalized spacial score (nSPS) is 15.6. The van der Waals surface area contributed by atoms with Gasteiger partial charge >= 0.3 is 0 Å². The number of rotatable bonds is 2. The van der Waals surface area contributed by atoms with Crippen LogP contribution in [0.15, 0.2) is 83.7 Å². The van der Waals surface area contributed by atoms with Crippen molar-refractivity contribution in [3.8, 4) is 0 Å². The molecule has 3 N–H and O–H groups in total. The topological polar surface area (TPSA) is 60.7 Å². The molecular weight excluding hydrogens is 366 g/mol. The van der Waals surface area contributed by atoms with E-state index in [1.54, 1.807) is 0 Å². The molecule has 1 atom stereocenters. The number of anilines is 1. The molecule has 5 rings (SSSR count). The SMILES string of the molecule is O=c1[nH]c(=S)[nH]c2c1[C@@H](c1cccc3ccccc13)C=C(c1ccccc1)N2. The van der Waals surface area contributed by atoms with Crippen LogP contribution in [0.2, 0.25) is 0 Å². The molecule has 2 heterocycles. The lowest BCUT2D eigenvalue weighted by molar-refractivity contribution is 0.937. The van der Waals surface area contributed by atoms with Crippen molar-refractivity contribution < 1.29 is 0 Å². The van der Waals surface area contributed by atoms with Crippen LogP contribution in [0, 0.1) is 4.77 Å². The number of fused-ring (bicyclic) bond motifs is 2. The predicted octanol–water partition coefficient (Wildman–Crippen LogP) is 5.18. The molecule has 4 nitrogen and oxygen atoms in total. The molecule has 0 saturated heterocycles. The van der Waals surface area contributed by atoms with Crippen molar-refractivity contribution in [2.45, 2.75) is 5.92 Å². The van der Waals surface area contributed by atoms with Crippen LogP contribution in [0.1, 0.15) is 22.6 Å². The first-order valence-corrected chi connectivity index (χ1v) is 9.50. The first kappa shape index (κ1) is 16.7. The molecule has 1 aliphatic heterocycles. The molecule has 0 radical (unpaired) electrons. The van der Waals surface area contributed by atoms with Gasteiger partial charge in [-0.3, -0.25) is 9.78 Å². The summed E-state index contributed by atoms with van der Waals surface area (Å²) in [6, 6.07) is 24.5. The second-order valence-corrected chi connectivity index (χ2v) is 7.22. The predicted molar refractivity (Wildman–Crippen MR) is 116 cm³/mol. The standard InChI is InChI=1S/C23H17N3OS/c27-22-20-18(17-12-6-10-14-7-4-5-11-16(14)17)13-19(15-8-2-1-3-9-15)24-21(20)25-23(28)26-22/h1-13,18H,(H3,24,25,26,27,28)/t18-/m1/s1. The molecular formula is C23H17N3OS. The Morgan fingerprint density at radius 3 is 2.43 bits per heavy atom. The molecule has 0 unspecified atom stereocenters. The van der Waals surface area contributed by atoms with Gasteiger partial charge in [-0.25, -0.2) is 0 Å². The minimum Gasteiger partial charge on any atom is -0.341 e. The molecule has 0 amide bonds. The lowest BCUT2D eigenvalue weighted by Gasteiger charge is -2.26. The first-order valence-electron chi connectivity index (χ1n) is 9.09. The van der Waals surface area contributed by atoms with E-state index in [2.05, 4.69) is 45.6 Å². The van der Waals surface area contributed by atoms with E-state index in [0.29, 0.717) is 16.2 Å². The van der Waals surface area contributed by atoms with E-state index in [-0.39, 0.29) is 11.5 Å². The smallest absolute Gasteiger partial charge is 0.257 e. The zero-order valence-electron chi connectivity index (χ0n) is 14.9. The summed E-state index contributed by atoms with van der Waals surface area (Å²) < 4.78 is 0.308. The molecule has 1 aromatic heterocycles. The maximum Gasteiger partial charge on any atom is 0.257 e. The summed E-state index contributed by atoms with van der Waals surface area (Å²) in [6.07, 6.45) is 2.12. The molecule has 5 heteroatoms. The Balaban J connectivity index is 1.80. The summed E-state index contributed by atoms with van der Waals surface area (Å²) >= 11 is 5.20. The number of allylic oxidation sites excluding steroid dienone is 1. The molecule has 0 spiro atoms. The van der Waals surface area contributed by atoms with E-state index in [1.807, 2.05) is 48.5 Å². The summed E-state index contributed by atoms with van der Waals surface area (Å²) in [7, 11) is 0. The van der Waals surface area contributed by atoms with Gasteiger partial charge in [0.25, 0.3) is 5.56 Å². The fraction of sp³-hybridized carbons (Fsp3) is 0.0435. The van der Waals surface area contributed by atoms with E-state index in [0.717, 1.165) is 27.6 Å². The van der Waals surface area contributed by atoms with Crippen LogP contribution >= 0.6 is 12.2 Å². The van der Waals surface area contributed by atoms with Crippen molar-refractivity contribution in [3.05, 3.63) is 111 Å². The summed E-state index contributed by atoms with van der Waals surface area (Å²) in [4.78, 5) is 18.7. The molecule has 28 heavy (non-hydrogen) atoms. The Morgan fingerprint density at radius 1 is 0.821 bits per heavy atom. The van der Waals surface area contributed by atoms with Gasteiger partial charge in [0.05, 0.1) is 5.56 Å². The van der Waals surface area contributed by atoms with Crippen LogP contribution in [0.5, 0.6) is 0 Å². The monoisotopic (exact) mass is 383 g/mol. The Hall–Kier alpha value is -3.44. The number of aromatic nitrogens is 2. The Labute approximate surface area is 166 Å². The maximum absolute atomic E-state index is 12.8. The van der Waals surface area contributed by atoms with Gasteiger partial charge < -0.3 is 10.3 Å². The highest BCUT2D eigenvalue weighted by Gasteiger charge is 2.27. The van der Waals surface area contributed by atoms with Gasteiger partial charge in [0.2, 0.25) is 0 Å². The lowest BCUT2D eigenvalue weighted by atomic mass is 9.85. The Kier molecular flexibility index (Phi) is 3.95. The third-order valence-electron chi connectivity index (χ3n) is 5.13. The quantitative estimate of drug-likeness (QED) is 0.418. The first-order chi connectivity index (χ1) is 13.7. The average molecular weight is 383 g/mol. The second-order valence-electron chi connectivity index (χ2n) is 6.81. The van der Waals surface area contributed by atoms with Crippen molar-refractivity contribution in [1.29, 1.82) is 0 Å². The van der Waals surface area contributed by atoms with Crippen molar-refractivity contribution in [1.82, 2.24) is 9.97 Å². The van der Waals surface area contributed by atoms with E-state index in [4.69, 9.17) is 12.2 Å². The molecule has 3 aromatic carbocycles. The molecule has 0 saturated carbocycles. The van der Waals surface area contributed by atoms with Gasteiger partial charge in [0.15, 0.2) is 4.77 Å². The third kappa shape index (κ3) is 2.77. The number of aromatic amines is 2. The largest absolute Gasteiger partial charge is 0.341 e. The minimum absolute atomic E-state index is 0.174. The highest BCUT2D eigenvalue weighted by molar-refractivity contribution is 7.71. The van der Waals surface area contributed by atoms with Crippen LogP contribution in [-0.2, 0) is 0 Å². The minimum atomic E-state index is -0.201. The number of H-pyrrole nitrogens is 2. The van der Waals surface area contributed by atoms with Gasteiger partial charge in [-0.15, -0.1) is 0 Å². The highest BCUT2D eigenvalue weighted by Crippen LogP contribution is 2.38. The van der Waals surface area contributed by atoms with Gasteiger partial charge in [0.1, 0.15) is 5.82 Å². The summed E-state index contributed by atoms with van der Waals surface area (Å²) in [6.45, 7) is 0. The summed E-state index contributed by atoms with van der Waals surface area (Å²) in [5, 5.41) is 5.64. The Bertz CT molecular complexity index is 1330. The fourth-order valence-corrected chi connectivity index (χ4v) is 4.07. The third-order valence-corrected chi connectivity index (χ3v) is 5.33. The molecule has 0 fully saturated rings. The molecule has 1 aliphatic rings. The summed E-state index contributed by atoms with van der Waals surface area (Å²) in [5.74, 6) is 0.446. The fourth-order valence-electron chi connectivity index (χ4n) is 3.87. The lowest BCUT2D eigenvalue weighted by Crippen LogP contribution is -2.24. The van der Waals surface area contributed by atoms with Gasteiger partial charge in [-0.05, 0) is 40.2 Å². The highest BCUT2D eigenvalue weighted by atomic mass is 32.1. The van der Waals surface area contributed by atoms with Crippen LogP contribution in [-0.4, -0.2) is 9.97 Å². The van der Waals surface area contributed by atoms with Crippen LogP contribution in [0.3, 0.4) is 0 Å². The Morgan fingerprint density at radius 2 is 1.57 bits per heavy atom. The molecule has 4 aromatic rings. The van der Waals surface area contributed by atoms with Gasteiger partial charge in [-0.1, -0.05) is 72.8 Å². The van der Waals surface area contributed by atoms with E-state index >= 15 is 0 Å². The van der Waals surface area contributed by atoms with Gasteiger partial charge in [-0.2, -0.15) is 0 Å². The van der Waals surface area contributed by atoms with Crippen molar-refractivity contribution in [3.63, 3.8) is 0 Å². The van der Waals surface area contributed by atoms with Crippen LogP contribution < -0.4 is 10.9 Å².